The number of nitrogens with zero attached hydrogens (tertiary/aromatic N) is 2. The summed E-state index contributed by atoms with van der Waals surface area (Å²) < 4.78 is 0. The van der Waals surface area contributed by atoms with Crippen molar-refractivity contribution in [2.75, 3.05) is 0 Å². The molecule has 0 amide bonds. The zero-order chi connectivity index (χ0) is 19.1. The van der Waals surface area contributed by atoms with Gasteiger partial charge in [-0.2, -0.15) is 0 Å². The summed E-state index contributed by atoms with van der Waals surface area (Å²) in [5.74, 6) is -0.498. The first-order chi connectivity index (χ1) is 13.1. The number of rotatable bonds is 5. The fourth-order valence-corrected chi connectivity index (χ4v) is 2.56. The van der Waals surface area contributed by atoms with Gasteiger partial charge in [0.2, 0.25) is 0 Å². The molecule has 0 heterocycles. The van der Waals surface area contributed by atoms with Crippen LogP contribution in [0.25, 0.3) is 0 Å². The molecule has 4 nitrogen and oxygen atoms in total. The van der Waals surface area contributed by atoms with E-state index in [0.29, 0.717) is 22.1 Å². The summed E-state index contributed by atoms with van der Waals surface area (Å²) >= 11 is 5.98. The maximum Gasteiger partial charge on any atom is 0.332 e. The van der Waals surface area contributed by atoms with Crippen molar-refractivity contribution in [1.82, 2.24) is 0 Å². The standard InChI is InChI=1S/C22H17ClN2O2/c1-16(26)27-25-22(18-10-6-3-7-11-18)21(17-8-4-2-5-9-17)24-20-14-12-19(23)13-15-20/h2-15H,1H3/b24-21?,25-22-. The van der Waals surface area contributed by atoms with Crippen LogP contribution in [-0.4, -0.2) is 17.4 Å². The molecule has 134 valence electrons. The summed E-state index contributed by atoms with van der Waals surface area (Å²) in [7, 11) is 0. The van der Waals surface area contributed by atoms with Crippen LogP contribution in [0.15, 0.2) is 95.1 Å². The maximum atomic E-state index is 11.4. The highest BCUT2D eigenvalue weighted by atomic mass is 35.5. The monoisotopic (exact) mass is 376 g/mol. The predicted octanol–water partition coefficient (Wildman–Crippen LogP) is 5.43. The molecular weight excluding hydrogens is 360 g/mol. The smallest absolute Gasteiger partial charge is 0.318 e. The van der Waals surface area contributed by atoms with Crippen LogP contribution in [0.3, 0.4) is 0 Å². The van der Waals surface area contributed by atoms with Gasteiger partial charge in [-0.1, -0.05) is 77.4 Å². The average molecular weight is 377 g/mol. The number of oxime groups is 1. The van der Waals surface area contributed by atoms with Crippen LogP contribution in [0.5, 0.6) is 0 Å². The Morgan fingerprint density at radius 3 is 1.81 bits per heavy atom. The fraction of sp³-hybridized carbons (Fsp3) is 0.0455. The van der Waals surface area contributed by atoms with E-state index in [1.54, 1.807) is 12.1 Å². The molecule has 0 bridgehead atoms. The Bertz CT molecular complexity index is 966. The van der Waals surface area contributed by atoms with Crippen molar-refractivity contribution in [3.63, 3.8) is 0 Å². The summed E-state index contributed by atoms with van der Waals surface area (Å²) in [6.45, 7) is 1.31. The molecule has 0 radical (unpaired) electrons. The summed E-state index contributed by atoms with van der Waals surface area (Å²) in [6.07, 6.45) is 0. The molecule has 0 fully saturated rings. The van der Waals surface area contributed by atoms with Crippen molar-refractivity contribution in [2.24, 2.45) is 10.1 Å². The molecule has 0 N–H and O–H groups in total. The molecule has 27 heavy (non-hydrogen) atoms. The summed E-state index contributed by atoms with van der Waals surface area (Å²) in [4.78, 5) is 21.1. The van der Waals surface area contributed by atoms with Gasteiger partial charge in [0, 0.05) is 23.1 Å². The molecular formula is C22H17ClN2O2. The van der Waals surface area contributed by atoms with Gasteiger partial charge in [-0.05, 0) is 24.3 Å². The Morgan fingerprint density at radius 1 is 0.778 bits per heavy atom. The van der Waals surface area contributed by atoms with Gasteiger partial charge in [-0.15, -0.1) is 0 Å². The summed E-state index contributed by atoms with van der Waals surface area (Å²) in [5, 5.41) is 4.73. The topological polar surface area (TPSA) is 51.0 Å². The van der Waals surface area contributed by atoms with Gasteiger partial charge in [-0.3, -0.25) is 0 Å². The third kappa shape index (κ3) is 5.12. The van der Waals surface area contributed by atoms with Crippen LogP contribution < -0.4 is 0 Å². The molecule has 0 spiro atoms. The van der Waals surface area contributed by atoms with Crippen molar-refractivity contribution in [3.05, 3.63) is 101 Å². The van der Waals surface area contributed by atoms with Crippen LogP contribution in [0, 0.1) is 0 Å². The van der Waals surface area contributed by atoms with Crippen LogP contribution >= 0.6 is 11.6 Å². The number of benzene rings is 3. The first-order valence-corrected chi connectivity index (χ1v) is 8.72. The van der Waals surface area contributed by atoms with E-state index in [1.807, 2.05) is 72.8 Å². The van der Waals surface area contributed by atoms with Crippen molar-refractivity contribution >= 4 is 34.7 Å². The van der Waals surface area contributed by atoms with Gasteiger partial charge >= 0.3 is 5.97 Å². The summed E-state index contributed by atoms with van der Waals surface area (Å²) in [6, 6.07) is 26.3. The van der Waals surface area contributed by atoms with E-state index in [4.69, 9.17) is 21.4 Å². The minimum atomic E-state index is -0.498. The van der Waals surface area contributed by atoms with E-state index >= 15 is 0 Å². The van der Waals surface area contributed by atoms with E-state index in [2.05, 4.69) is 5.16 Å². The highest BCUT2D eigenvalue weighted by Gasteiger charge is 2.16. The maximum absolute atomic E-state index is 11.4. The van der Waals surface area contributed by atoms with E-state index in [9.17, 15) is 4.79 Å². The zero-order valence-corrected chi connectivity index (χ0v) is 15.4. The Kier molecular flexibility index (Phi) is 6.13. The number of aliphatic imine (C=N–C) groups is 1. The van der Waals surface area contributed by atoms with Crippen molar-refractivity contribution in [3.8, 4) is 0 Å². The molecule has 0 atom stereocenters. The lowest BCUT2D eigenvalue weighted by Gasteiger charge is -2.11. The predicted molar refractivity (Wildman–Crippen MR) is 109 cm³/mol. The van der Waals surface area contributed by atoms with E-state index in [0.717, 1.165) is 11.1 Å². The van der Waals surface area contributed by atoms with Gasteiger partial charge in [0.25, 0.3) is 0 Å². The number of carbonyl (C=O) groups excluding carboxylic acids is 1. The zero-order valence-electron chi connectivity index (χ0n) is 14.7. The van der Waals surface area contributed by atoms with Crippen LogP contribution in [0.1, 0.15) is 18.1 Å². The van der Waals surface area contributed by atoms with Crippen molar-refractivity contribution in [2.45, 2.75) is 6.92 Å². The third-order valence-electron chi connectivity index (χ3n) is 3.65. The molecule has 0 aliphatic heterocycles. The summed E-state index contributed by atoms with van der Waals surface area (Å²) in [5.41, 5.74) is 3.40. The Morgan fingerprint density at radius 2 is 1.30 bits per heavy atom. The minimum absolute atomic E-state index is 0.465. The number of hydrogen-bond acceptors (Lipinski definition) is 4. The van der Waals surface area contributed by atoms with E-state index < -0.39 is 5.97 Å². The first kappa shape index (κ1) is 18.5. The molecule has 0 aliphatic carbocycles. The van der Waals surface area contributed by atoms with Gasteiger partial charge in [0.05, 0.1) is 5.69 Å². The molecule has 0 saturated heterocycles. The lowest BCUT2D eigenvalue weighted by Crippen LogP contribution is -2.18. The van der Waals surface area contributed by atoms with E-state index in [1.165, 1.54) is 6.92 Å². The second-order valence-electron chi connectivity index (χ2n) is 5.69. The first-order valence-electron chi connectivity index (χ1n) is 8.34. The number of halogens is 1. The van der Waals surface area contributed by atoms with Crippen LogP contribution in [0.4, 0.5) is 5.69 Å². The van der Waals surface area contributed by atoms with Crippen LogP contribution in [-0.2, 0) is 9.63 Å². The quantitative estimate of drug-likeness (QED) is 0.339. The fourth-order valence-electron chi connectivity index (χ4n) is 2.43. The van der Waals surface area contributed by atoms with Gasteiger partial charge < -0.3 is 4.84 Å². The highest BCUT2D eigenvalue weighted by molar-refractivity contribution is 6.53. The number of carbonyl (C=O) groups is 1. The molecule has 0 aromatic heterocycles. The van der Waals surface area contributed by atoms with Crippen molar-refractivity contribution < 1.29 is 9.63 Å². The molecule has 3 rings (SSSR count). The minimum Gasteiger partial charge on any atom is -0.318 e. The van der Waals surface area contributed by atoms with Gasteiger partial charge in [0.1, 0.15) is 11.4 Å². The van der Waals surface area contributed by atoms with E-state index in [-0.39, 0.29) is 0 Å². The van der Waals surface area contributed by atoms with Gasteiger partial charge in [-0.25, -0.2) is 9.79 Å². The Labute approximate surface area is 162 Å². The second kappa shape index (κ2) is 8.92. The highest BCUT2D eigenvalue weighted by Crippen LogP contribution is 2.20. The van der Waals surface area contributed by atoms with Gasteiger partial charge in [0.15, 0.2) is 0 Å². The average Bonchev–Trinajstić information content (AvgIpc) is 2.70. The normalized spacial score (nSPS) is 11.9. The Hall–Kier alpha value is -3.24. The lowest BCUT2D eigenvalue weighted by molar-refractivity contribution is -0.140. The Balaban J connectivity index is 2.18. The largest absolute Gasteiger partial charge is 0.332 e. The second-order valence-corrected chi connectivity index (χ2v) is 6.13. The molecule has 0 aliphatic rings. The molecule has 0 unspecified atom stereocenters. The van der Waals surface area contributed by atoms with Crippen molar-refractivity contribution in [1.29, 1.82) is 0 Å². The lowest BCUT2D eigenvalue weighted by atomic mass is 9.99. The third-order valence-corrected chi connectivity index (χ3v) is 3.90. The molecule has 0 saturated carbocycles. The number of hydrogen-bond donors (Lipinski definition) is 0. The molecule has 5 heteroatoms. The SMILES string of the molecule is CC(=O)O/N=C(\C(=Nc1ccc(Cl)cc1)c1ccccc1)c1ccccc1. The molecule has 3 aromatic rings. The molecule has 3 aromatic carbocycles. The van der Waals surface area contributed by atoms with Crippen LogP contribution in [0.2, 0.25) is 5.02 Å².